The molecule has 1 aromatic rings. The normalized spacial score (nSPS) is 20.3. The summed E-state index contributed by atoms with van der Waals surface area (Å²) in [4.78, 5) is 4.75. The van der Waals surface area contributed by atoms with Crippen molar-refractivity contribution >= 4 is 0 Å². The number of rotatable bonds is 3. The van der Waals surface area contributed by atoms with Crippen molar-refractivity contribution in [3.63, 3.8) is 0 Å². The molecule has 3 rings (SSSR count). The molecular weight excluding hydrogens is 188 g/mol. The predicted octanol–water partition coefficient (Wildman–Crippen LogP) is 1.63. The molecule has 15 heavy (non-hydrogen) atoms. The molecule has 0 amide bonds. The molecule has 1 aromatic heterocycles. The molecular formula is C12H18N2O. The summed E-state index contributed by atoms with van der Waals surface area (Å²) in [6, 6.07) is 0. The van der Waals surface area contributed by atoms with Gasteiger partial charge in [-0.25, -0.2) is 4.98 Å². The van der Waals surface area contributed by atoms with E-state index in [1.807, 2.05) is 0 Å². The Hall–Kier alpha value is -0.830. The largest absolute Gasteiger partial charge is 0.396 e. The van der Waals surface area contributed by atoms with Gasteiger partial charge in [0.05, 0.1) is 5.69 Å². The van der Waals surface area contributed by atoms with Crippen molar-refractivity contribution in [2.75, 3.05) is 6.61 Å². The number of aromatic nitrogens is 2. The second-order valence-corrected chi connectivity index (χ2v) is 4.72. The SMILES string of the molecule is OCCc1nc(C2CC2)n2c1CCCC2. The number of hydrogen-bond acceptors (Lipinski definition) is 2. The number of aliphatic hydroxyl groups is 1. The molecule has 1 saturated carbocycles. The van der Waals surface area contributed by atoms with Crippen molar-refractivity contribution in [1.29, 1.82) is 0 Å². The molecule has 0 unspecified atom stereocenters. The van der Waals surface area contributed by atoms with Crippen LogP contribution in [-0.4, -0.2) is 21.3 Å². The summed E-state index contributed by atoms with van der Waals surface area (Å²) in [6.07, 6.45) is 7.11. The highest BCUT2D eigenvalue weighted by Gasteiger charge is 2.31. The van der Waals surface area contributed by atoms with Crippen molar-refractivity contribution in [1.82, 2.24) is 9.55 Å². The van der Waals surface area contributed by atoms with Crippen molar-refractivity contribution < 1.29 is 5.11 Å². The third-order valence-electron chi connectivity index (χ3n) is 3.52. The quantitative estimate of drug-likeness (QED) is 0.816. The van der Waals surface area contributed by atoms with Gasteiger partial charge < -0.3 is 9.67 Å². The van der Waals surface area contributed by atoms with Gasteiger partial charge in [0.15, 0.2) is 0 Å². The van der Waals surface area contributed by atoms with E-state index in [-0.39, 0.29) is 6.61 Å². The first kappa shape index (κ1) is 9.40. The minimum absolute atomic E-state index is 0.230. The molecule has 1 fully saturated rings. The lowest BCUT2D eigenvalue weighted by atomic mass is 10.1. The average molecular weight is 206 g/mol. The van der Waals surface area contributed by atoms with Crippen LogP contribution in [0.4, 0.5) is 0 Å². The summed E-state index contributed by atoms with van der Waals surface area (Å²) < 4.78 is 2.44. The van der Waals surface area contributed by atoms with Crippen LogP contribution in [-0.2, 0) is 19.4 Å². The van der Waals surface area contributed by atoms with E-state index in [0.29, 0.717) is 0 Å². The predicted molar refractivity (Wildman–Crippen MR) is 57.9 cm³/mol. The van der Waals surface area contributed by atoms with Crippen LogP contribution in [0.15, 0.2) is 0 Å². The van der Waals surface area contributed by atoms with E-state index in [1.165, 1.54) is 42.9 Å². The van der Waals surface area contributed by atoms with Crippen LogP contribution in [0, 0.1) is 0 Å². The monoisotopic (exact) mass is 206 g/mol. The third-order valence-corrected chi connectivity index (χ3v) is 3.52. The molecule has 0 atom stereocenters. The lowest BCUT2D eigenvalue weighted by Gasteiger charge is -2.17. The Morgan fingerprint density at radius 3 is 2.93 bits per heavy atom. The Kier molecular flexibility index (Phi) is 2.28. The van der Waals surface area contributed by atoms with Crippen molar-refractivity contribution in [3.05, 3.63) is 17.2 Å². The van der Waals surface area contributed by atoms with E-state index in [1.54, 1.807) is 0 Å². The summed E-state index contributed by atoms with van der Waals surface area (Å²) in [7, 11) is 0. The molecule has 82 valence electrons. The van der Waals surface area contributed by atoms with E-state index in [0.717, 1.165) is 25.3 Å². The van der Waals surface area contributed by atoms with Gasteiger partial charge in [-0.1, -0.05) is 0 Å². The van der Waals surface area contributed by atoms with Gasteiger partial charge in [0, 0.05) is 31.2 Å². The summed E-state index contributed by atoms with van der Waals surface area (Å²) in [6.45, 7) is 1.38. The number of imidazole rings is 1. The lowest BCUT2D eigenvalue weighted by Crippen LogP contribution is -2.13. The third kappa shape index (κ3) is 1.59. The molecule has 0 spiro atoms. The Labute approximate surface area is 90.1 Å². The zero-order chi connectivity index (χ0) is 10.3. The van der Waals surface area contributed by atoms with E-state index in [9.17, 15) is 0 Å². The topological polar surface area (TPSA) is 38.1 Å². The van der Waals surface area contributed by atoms with Crippen LogP contribution in [0.5, 0.6) is 0 Å². The fourth-order valence-electron chi connectivity index (χ4n) is 2.61. The first-order valence-corrected chi connectivity index (χ1v) is 6.09. The first-order chi connectivity index (χ1) is 7.40. The summed E-state index contributed by atoms with van der Waals surface area (Å²) in [5.41, 5.74) is 2.58. The average Bonchev–Trinajstić information content (AvgIpc) is 3.04. The zero-order valence-electron chi connectivity index (χ0n) is 9.08. The van der Waals surface area contributed by atoms with Crippen LogP contribution in [0.1, 0.15) is 48.8 Å². The van der Waals surface area contributed by atoms with E-state index >= 15 is 0 Å². The van der Waals surface area contributed by atoms with Gasteiger partial charge in [-0.05, 0) is 32.1 Å². The summed E-state index contributed by atoms with van der Waals surface area (Å²) in [5.74, 6) is 2.04. The summed E-state index contributed by atoms with van der Waals surface area (Å²) >= 11 is 0. The number of aliphatic hydroxyl groups excluding tert-OH is 1. The molecule has 0 aromatic carbocycles. The molecule has 2 aliphatic rings. The lowest BCUT2D eigenvalue weighted by molar-refractivity contribution is 0.297. The molecule has 2 heterocycles. The Morgan fingerprint density at radius 2 is 2.20 bits per heavy atom. The van der Waals surface area contributed by atoms with Crippen molar-refractivity contribution in [3.8, 4) is 0 Å². The van der Waals surface area contributed by atoms with Gasteiger partial charge in [-0.15, -0.1) is 0 Å². The molecule has 3 nitrogen and oxygen atoms in total. The molecule has 0 bridgehead atoms. The van der Waals surface area contributed by atoms with Crippen LogP contribution in [0.2, 0.25) is 0 Å². The Bertz CT molecular complexity index is 366. The van der Waals surface area contributed by atoms with Crippen molar-refractivity contribution in [2.45, 2.75) is 51.0 Å². The Morgan fingerprint density at radius 1 is 1.33 bits per heavy atom. The van der Waals surface area contributed by atoms with E-state index < -0.39 is 0 Å². The standard InChI is InChI=1S/C12H18N2O/c15-8-6-10-11-3-1-2-7-14(11)12(13-10)9-4-5-9/h9,15H,1-8H2. The summed E-state index contributed by atoms with van der Waals surface area (Å²) in [5, 5.41) is 9.04. The minimum Gasteiger partial charge on any atom is -0.396 e. The maximum atomic E-state index is 9.04. The van der Waals surface area contributed by atoms with E-state index in [2.05, 4.69) is 4.57 Å². The molecule has 1 aliphatic heterocycles. The smallest absolute Gasteiger partial charge is 0.112 e. The van der Waals surface area contributed by atoms with Crippen molar-refractivity contribution in [2.24, 2.45) is 0 Å². The van der Waals surface area contributed by atoms with Gasteiger partial charge in [0.2, 0.25) is 0 Å². The molecule has 0 radical (unpaired) electrons. The second kappa shape index (κ2) is 3.63. The maximum Gasteiger partial charge on any atom is 0.112 e. The van der Waals surface area contributed by atoms with E-state index in [4.69, 9.17) is 10.1 Å². The van der Waals surface area contributed by atoms with Crippen LogP contribution in [0.3, 0.4) is 0 Å². The highest BCUT2D eigenvalue weighted by Crippen LogP contribution is 2.41. The number of fused-ring (bicyclic) bond motifs is 1. The minimum atomic E-state index is 0.230. The molecule has 1 aliphatic carbocycles. The number of hydrogen-bond donors (Lipinski definition) is 1. The fourth-order valence-corrected chi connectivity index (χ4v) is 2.61. The number of nitrogens with zero attached hydrogens (tertiary/aromatic N) is 2. The maximum absolute atomic E-state index is 9.04. The van der Waals surface area contributed by atoms with Crippen LogP contribution in [0.25, 0.3) is 0 Å². The van der Waals surface area contributed by atoms with Crippen LogP contribution < -0.4 is 0 Å². The second-order valence-electron chi connectivity index (χ2n) is 4.72. The molecule has 3 heteroatoms. The molecule has 0 saturated heterocycles. The zero-order valence-corrected chi connectivity index (χ0v) is 9.08. The first-order valence-electron chi connectivity index (χ1n) is 6.09. The highest BCUT2D eigenvalue weighted by atomic mass is 16.3. The molecule has 1 N–H and O–H groups in total. The van der Waals surface area contributed by atoms with Gasteiger partial charge in [-0.2, -0.15) is 0 Å². The fraction of sp³-hybridized carbons (Fsp3) is 0.750. The van der Waals surface area contributed by atoms with Gasteiger partial charge in [-0.3, -0.25) is 0 Å². The highest BCUT2D eigenvalue weighted by molar-refractivity contribution is 5.23. The Balaban J connectivity index is 2.00. The van der Waals surface area contributed by atoms with Gasteiger partial charge >= 0.3 is 0 Å². The van der Waals surface area contributed by atoms with Crippen LogP contribution >= 0.6 is 0 Å². The van der Waals surface area contributed by atoms with Gasteiger partial charge in [0.25, 0.3) is 0 Å². The van der Waals surface area contributed by atoms with Gasteiger partial charge in [0.1, 0.15) is 5.82 Å².